The SMILES string of the molecule is C[C@H](CCC(=O)O)[C@H]1CC[C@H]2[C@@H]3CCC4CCCC(N)[C@]4(C)[C@H]3CC(=O)[C@]12C. The fourth-order valence-electron chi connectivity index (χ4n) is 8.60. The summed E-state index contributed by atoms with van der Waals surface area (Å²) < 4.78 is 0. The fourth-order valence-corrected chi connectivity index (χ4v) is 8.60. The summed E-state index contributed by atoms with van der Waals surface area (Å²) in [4.78, 5) is 24.7. The van der Waals surface area contributed by atoms with Gasteiger partial charge in [-0.15, -0.1) is 0 Å². The van der Waals surface area contributed by atoms with Crippen molar-refractivity contribution in [2.45, 2.75) is 91.0 Å². The van der Waals surface area contributed by atoms with E-state index in [2.05, 4.69) is 20.8 Å². The molecule has 0 aliphatic heterocycles. The summed E-state index contributed by atoms with van der Waals surface area (Å²) in [5, 5.41) is 9.09. The van der Waals surface area contributed by atoms with Crippen LogP contribution >= 0.6 is 0 Å². The van der Waals surface area contributed by atoms with Crippen molar-refractivity contribution in [2.75, 3.05) is 0 Å². The van der Waals surface area contributed by atoms with Crippen LogP contribution in [0.5, 0.6) is 0 Å². The molecule has 0 heterocycles. The summed E-state index contributed by atoms with van der Waals surface area (Å²) >= 11 is 0. The van der Waals surface area contributed by atoms with Gasteiger partial charge in [0.25, 0.3) is 0 Å². The highest BCUT2D eigenvalue weighted by molar-refractivity contribution is 5.87. The van der Waals surface area contributed by atoms with Crippen molar-refractivity contribution in [3.8, 4) is 0 Å². The minimum absolute atomic E-state index is 0.130. The summed E-state index contributed by atoms with van der Waals surface area (Å²) in [6.45, 7) is 6.83. The van der Waals surface area contributed by atoms with Crippen LogP contribution in [0.25, 0.3) is 0 Å². The number of aliphatic carboxylic acids is 1. The van der Waals surface area contributed by atoms with Crippen LogP contribution in [0.2, 0.25) is 0 Å². The average molecular weight is 390 g/mol. The molecular formula is C24H39NO3. The predicted octanol–water partition coefficient (Wildman–Crippen LogP) is 4.65. The fraction of sp³-hybridized carbons (Fsp3) is 0.917. The van der Waals surface area contributed by atoms with Gasteiger partial charge in [-0.2, -0.15) is 0 Å². The lowest BCUT2D eigenvalue weighted by atomic mass is 9.43. The van der Waals surface area contributed by atoms with Crippen molar-refractivity contribution in [3.05, 3.63) is 0 Å². The molecule has 0 aromatic heterocycles. The first-order valence-electron chi connectivity index (χ1n) is 11.7. The van der Waals surface area contributed by atoms with Crippen molar-refractivity contribution in [2.24, 2.45) is 52.1 Å². The molecule has 0 aromatic rings. The lowest BCUT2D eigenvalue weighted by molar-refractivity contribution is -0.159. The molecule has 4 rings (SSSR count). The van der Waals surface area contributed by atoms with Gasteiger partial charge < -0.3 is 10.8 Å². The van der Waals surface area contributed by atoms with Gasteiger partial charge >= 0.3 is 5.97 Å². The molecular weight excluding hydrogens is 350 g/mol. The Morgan fingerprint density at radius 2 is 1.89 bits per heavy atom. The highest BCUT2D eigenvalue weighted by Crippen LogP contribution is 2.67. The Bertz CT molecular complexity index is 648. The molecule has 2 unspecified atom stereocenters. The largest absolute Gasteiger partial charge is 0.481 e. The number of rotatable bonds is 4. The maximum absolute atomic E-state index is 13.7. The molecule has 158 valence electrons. The Morgan fingerprint density at radius 1 is 1.14 bits per heavy atom. The Morgan fingerprint density at radius 3 is 2.61 bits per heavy atom. The predicted molar refractivity (Wildman–Crippen MR) is 110 cm³/mol. The summed E-state index contributed by atoms with van der Waals surface area (Å²) in [6.07, 6.45) is 10.0. The smallest absolute Gasteiger partial charge is 0.303 e. The molecule has 0 amide bonds. The molecule has 0 saturated heterocycles. The number of carbonyl (C=O) groups is 2. The van der Waals surface area contributed by atoms with Crippen LogP contribution in [-0.4, -0.2) is 22.9 Å². The van der Waals surface area contributed by atoms with Gasteiger partial charge in [-0.1, -0.05) is 27.2 Å². The number of carbonyl (C=O) groups excluding carboxylic acids is 1. The Kier molecular flexibility index (Phi) is 5.17. The topological polar surface area (TPSA) is 80.4 Å². The van der Waals surface area contributed by atoms with Gasteiger partial charge in [0.2, 0.25) is 0 Å². The maximum Gasteiger partial charge on any atom is 0.303 e. The van der Waals surface area contributed by atoms with E-state index in [0.717, 1.165) is 19.3 Å². The summed E-state index contributed by atoms with van der Waals surface area (Å²) in [7, 11) is 0. The van der Waals surface area contributed by atoms with Crippen molar-refractivity contribution in [1.82, 2.24) is 0 Å². The molecule has 0 bridgehead atoms. The number of Topliss-reactive ketones (excluding diaryl/α,β-unsaturated/α-hetero) is 1. The molecule has 0 aromatic carbocycles. The van der Waals surface area contributed by atoms with E-state index >= 15 is 0 Å². The zero-order valence-corrected chi connectivity index (χ0v) is 18.0. The van der Waals surface area contributed by atoms with Crippen LogP contribution in [0.15, 0.2) is 0 Å². The van der Waals surface area contributed by atoms with E-state index < -0.39 is 5.97 Å². The van der Waals surface area contributed by atoms with Gasteiger partial charge in [0, 0.05) is 24.3 Å². The van der Waals surface area contributed by atoms with Gasteiger partial charge in [0.05, 0.1) is 0 Å². The molecule has 28 heavy (non-hydrogen) atoms. The van der Waals surface area contributed by atoms with Crippen LogP contribution in [0, 0.1) is 46.3 Å². The number of ketones is 1. The third-order valence-electron chi connectivity index (χ3n) is 10.3. The lowest BCUT2D eigenvalue weighted by Crippen LogP contribution is -2.61. The Hall–Kier alpha value is -0.900. The summed E-state index contributed by atoms with van der Waals surface area (Å²) in [5.41, 5.74) is 6.60. The van der Waals surface area contributed by atoms with Crippen LogP contribution in [0.4, 0.5) is 0 Å². The second-order valence-electron chi connectivity index (χ2n) is 11.1. The zero-order chi connectivity index (χ0) is 20.3. The van der Waals surface area contributed by atoms with E-state index in [1.54, 1.807) is 0 Å². The maximum atomic E-state index is 13.7. The molecule has 0 radical (unpaired) electrons. The van der Waals surface area contributed by atoms with E-state index in [1.165, 1.54) is 25.7 Å². The first-order valence-corrected chi connectivity index (χ1v) is 11.7. The van der Waals surface area contributed by atoms with E-state index in [9.17, 15) is 9.59 Å². The van der Waals surface area contributed by atoms with Gasteiger partial charge in [0.15, 0.2) is 0 Å². The zero-order valence-electron chi connectivity index (χ0n) is 18.0. The highest BCUT2D eigenvalue weighted by atomic mass is 16.4. The first kappa shape index (κ1) is 20.4. The molecule has 9 atom stereocenters. The van der Waals surface area contributed by atoms with Gasteiger partial charge in [0.1, 0.15) is 5.78 Å². The van der Waals surface area contributed by atoms with Crippen molar-refractivity contribution >= 4 is 11.8 Å². The highest BCUT2D eigenvalue weighted by Gasteiger charge is 2.64. The number of hydrogen-bond acceptors (Lipinski definition) is 3. The average Bonchev–Trinajstić information content (AvgIpc) is 3.01. The minimum atomic E-state index is -0.723. The standard InChI is InChI=1S/C24H39NO3/c1-14(7-12-22(27)28)17-10-11-18-16-9-8-15-5-4-6-20(25)23(15,2)19(16)13-21(26)24(17,18)3/h14-20H,4-13,25H2,1-3H3,(H,27,28)/t14-,15?,16+,17-,18+,19+,20?,23+,24-/m1/s1. The monoisotopic (exact) mass is 389 g/mol. The number of hydrogen-bond donors (Lipinski definition) is 2. The normalized spacial score (nSPS) is 49.1. The summed E-state index contributed by atoms with van der Waals surface area (Å²) in [5.74, 6) is 2.64. The van der Waals surface area contributed by atoms with Crippen molar-refractivity contribution in [1.29, 1.82) is 0 Å². The van der Waals surface area contributed by atoms with E-state index in [0.29, 0.717) is 54.1 Å². The minimum Gasteiger partial charge on any atom is -0.481 e. The van der Waals surface area contributed by atoms with Gasteiger partial charge in [-0.3, -0.25) is 9.59 Å². The second kappa shape index (κ2) is 7.11. The molecule has 4 aliphatic rings. The molecule has 4 nitrogen and oxygen atoms in total. The van der Waals surface area contributed by atoms with E-state index in [4.69, 9.17) is 10.8 Å². The van der Waals surface area contributed by atoms with E-state index in [-0.39, 0.29) is 23.3 Å². The molecule has 3 N–H and O–H groups in total. The molecule has 4 aliphatic carbocycles. The number of fused-ring (bicyclic) bond motifs is 5. The van der Waals surface area contributed by atoms with Crippen LogP contribution < -0.4 is 5.73 Å². The van der Waals surface area contributed by atoms with Crippen LogP contribution in [0.3, 0.4) is 0 Å². The first-order chi connectivity index (χ1) is 13.2. The number of carboxylic acids is 1. The third-order valence-corrected chi connectivity index (χ3v) is 10.3. The van der Waals surface area contributed by atoms with Crippen LogP contribution in [0.1, 0.15) is 85.0 Å². The molecule has 4 heteroatoms. The van der Waals surface area contributed by atoms with Crippen molar-refractivity contribution < 1.29 is 14.7 Å². The number of carboxylic acid groups (broad SMARTS) is 1. The quantitative estimate of drug-likeness (QED) is 0.733. The second-order valence-corrected chi connectivity index (χ2v) is 11.1. The molecule has 0 spiro atoms. The van der Waals surface area contributed by atoms with E-state index in [1.807, 2.05) is 0 Å². The van der Waals surface area contributed by atoms with Gasteiger partial charge in [-0.25, -0.2) is 0 Å². The van der Waals surface area contributed by atoms with Gasteiger partial charge in [-0.05, 0) is 85.9 Å². The third kappa shape index (κ3) is 2.80. The number of nitrogens with two attached hydrogens (primary N) is 1. The molecule has 4 saturated carbocycles. The molecule has 4 fully saturated rings. The Labute approximate surface area is 170 Å². The summed E-state index contributed by atoms with van der Waals surface area (Å²) in [6, 6.07) is 0.239. The Balaban J connectivity index is 1.60. The van der Waals surface area contributed by atoms with Crippen molar-refractivity contribution in [3.63, 3.8) is 0 Å². The van der Waals surface area contributed by atoms with Crippen LogP contribution in [-0.2, 0) is 9.59 Å². The lowest BCUT2D eigenvalue weighted by Gasteiger charge is -2.61.